The number of allylic oxidation sites excluding steroid dienone is 1. The number of fused-ring (bicyclic) bond motifs is 1. The van der Waals surface area contributed by atoms with Crippen molar-refractivity contribution in [2.45, 2.75) is 0 Å². The summed E-state index contributed by atoms with van der Waals surface area (Å²) in [6.45, 7) is 0. The number of carbonyl (C=O) groups excluding carboxylic acids is 1. The topological polar surface area (TPSA) is 76.7 Å². The summed E-state index contributed by atoms with van der Waals surface area (Å²) >= 11 is 0. The first-order valence-corrected chi connectivity index (χ1v) is 7.20. The van der Waals surface area contributed by atoms with Crippen LogP contribution >= 0.6 is 0 Å². The Hall–Kier alpha value is -3.34. The molecule has 0 atom stereocenters. The molecule has 0 radical (unpaired) electrons. The van der Waals surface area contributed by atoms with Gasteiger partial charge in [0.05, 0.1) is 23.6 Å². The van der Waals surface area contributed by atoms with Crippen LogP contribution in [0.5, 0.6) is 11.5 Å². The summed E-state index contributed by atoms with van der Waals surface area (Å²) in [6, 6.07) is 11.2. The predicted octanol–water partition coefficient (Wildman–Crippen LogP) is 3.40. The van der Waals surface area contributed by atoms with E-state index in [-0.39, 0.29) is 22.3 Å². The zero-order valence-electron chi connectivity index (χ0n) is 12.9. The summed E-state index contributed by atoms with van der Waals surface area (Å²) < 4.78 is 10.4. The van der Waals surface area contributed by atoms with Crippen molar-refractivity contribution in [2.24, 2.45) is 0 Å². The molecule has 120 valence electrons. The number of phenols is 1. The van der Waals surface area contributed by atoms with E-state index in [0.29, 0.717) is 16.7 Å². The summed E-state index contributed by atoms with van der Waals surface area (Å²) in [7, 11) is 1.47. The Labute approximate surface area is 137 Å². The van der Waals surface area contributed by atoms with Gasteiger partial charge in [-0.3, -0.25) is 9.59 Å². The number of carbonyl (C=O) groups is 1. The lowest BCUT2D eigenvalue weighted by atomic mass is 10.1. The van der Waals surface area contributed by atoms with Crippen LogP contribution in [0.25, 0.3) is 17.0 Å². The van der Waals surface area contributed by atoms with Gasteiger partial charge in [-0.1, -0.05) is 12.1 Å². The van der Waals surface area contributed by atoms with E-state index in [1.807, 2.05) is 0 Å². The number of ketones is 1. The molecule has 1 heterocycles. The van der Waals surface area contributed by atoms with E-state index >= 15 is 0 Å². The minimum Gasteiger partial charge on any atom is -0.507 e. The highest BCUT2D eigenvalue weighted by molar-refractivity contribution is 6.08. The van der Waals surface area contributed by atoms with Crippen LogP contribution in [0.4, 0.5) is 0 Å². The number of rotatable bonds is 4. The Morgan fingerprint density at radius 3 is 2.79 bits per heavy atom. The molecule has 0 amide bonds. The third-order valence-electron chi connectivity index (χ3n) is 3.59. The Bertz CT molecular complexity index is 998. The van der Waals surface area contributed by atoms with Gasteiger partial charge in [-0.05, 0) is 42.5 Å². The second-order valence-electron chi connectivity index (χ2n) is 5.10. The van der Waals surface area contributed by atoms with Gasteiger partial charge in [0.2, 0.25) is 0 Å². The summed E-state index contributed by atoms with van der Waals surface area (Å²) in [4.78, 5) is 24.6. The van der Waals surface area contributed by atoms with Gasteiger partial charge < -0.3 is 14.3 Å². The molecule has 1 N–H and O–H groups in total. The van der Waals surface area contributed by atoms with Gasteiger partial charge >= 0.3 is 0 Å². The summed E-state index contributed by atoms with van der Waals surface area (Å²) in [6.07, 6.45) is 3.90. The molecular formula is C19H14O5. The smallest absolute Gasteiger partial charge is 0.199 e. The van der Waals surface area contributed by atoms with E-state index in [1.54, 1.807) is 30.3 Å². The second-order valence-corrected chi connectivity index (χ2v) is 5.10. The molecule has 0 bridgehead atoms. The Kier molecular flexibility index (Phi) is 4.16. The maximum Gasteiger partial charge on any atom is 0.199 e. The molecule has 0 aliphatic heterocycles. The van der Waals surface area contributed by atoms with Crippen LogP contribution in [-0.4, -0.2) is 18.0 Å². The first-order valence-electron chi connectivity index (χ1n) is 7.20. The number of hydrogen-bond acceptors (Lipinski definition) is 5. The minimum absolute atomic E-state index is 0.0933. The quantitative estimate of drug-likeness (QED) is 0.588. The third kappa shape index (κ3) is 2.92. The molecule has 0 saturated heterocycles. The lowest BCUT2D eigenvalue weighted by Crippen LogP contribution is -2.05. The van der Waals surface area contributed by atoms with Crippen molar-refractivity contribution in [3.63, 3.8) is 0 Å². The van der Waals surface area contributed by atoms with E-state index in [4.69, 9.17) is 9.15 Å². The number of phenolic OH excluding ortho intramolecular Hbond substituents is 1. The van der Waals surface area contributed by atoms with Crippen molar-refractivity contribution in [3.05, 3.63) is 76.2 Å². The maximum atomic E-state index is 12.4. The number of benzene rings is 2. The number of methoxy groups -OCH3 is 1. The number of aromatic hydroxyl groups is 1. The fourth-order valence-electron chi connectivity index (χ4n) is 2.30. The van der Waals surface area contributed by atoms with Crippen LogP contribution in [0.15, 0.2) is 64.0 Å². The zero-order valence-corrected chi connectivity index (χ0v) is 12.9. The van der Waals surface area contributed by atoms with Crippen molar-refractivity contribution < 1.29 is 19.1 Å². The first kappa shape index (κ1) is 15.6. The van der Waals surface area contributed by atoms with Crippen LogP contribution in [0.1, 0.15) is 15.9 Å². The Balaban J connectivity index is 1.95. The average molecular weight is 322 g/mol. The first-order chi connectivity index (χ1) is 11.6. The molecule has 5 heteroatoms. The van der Waals surface area contributed by atoms with E-state index < -0.39 is 5.78 Å². The molecule has 3 rings (SSSR count). The van der Waals surface area contributed by atoms with Crippen molar-refractivity contribution in [3.8, 4) is 11.5 Å². The molecule has 2 aromatic carbocycles. The molecule has 0 fully saturated rings. The van der Waals surface area contributed by atoms with E-state index in [1.165, 1.54) is 37.7 Å². The molecule has 0 aliphatic rings. The van der Waals surface area contributed by atoms with Crippen molar-refractivity contribution in [2.75, 3.05) is 7.11 Å². The van der Waals surface area contributed by atoms with Crippen molar-refractivity contribution >= 4 is 22.8 Å². The SMILES string of the molecule is COc1ccc(O)c(C(=O)/C=C/c2coc3ccccc3c2=O)c1. The molecular weight excluding hydrogens is 308 g/mol. The van der Waals surface area contributed by atoms with Crippen molar-refractivity contribution in [1.29, 1.82) is 0 Å². The normalized spacial score (nSPS) is 11.0. The summed E-state index contributed by atoms with van der Waals surface area (Å²) in [5, 5.41) is 10.2. The molecule has 1 aromatic heterocycles. The molecule has 0 spiro atoms. The van der Waals surface area contributed by atoms with Crippen LogP contribution in [0.3, 0.4) is 0 Å². The molecule has 5 nitrogen and oxygen atoms in total. The molecule has 0 saturated carbocycles. The largest absolute Gasteiger partial charge is 0.507 e. The second kappa shape index (κ2) is 6.42. The molecule has 3 aromatic rings. The predicted molar refractivity (Wildman–Crippen MR) is 90.5 cm³/mol. The van der Waals surface area contributed by atoms with Gasteiger partial charge in [0.15, 0.2) is 11.2 Å². The van der Waals surface area contributed by atoms with Gasteiger partial charge in [0.1, 0.15) is 23.3 Å². The summed E-state index contributed by atoms with van der Waals surface area (Å²) in [5.74, 6) is -0.148. The summed E-state index contributed by atoms with van der Waals surface area (Å²) in [5.41, 5.74) is 0.604. The highest BCUT2D eigenvalue weighted by atomic mass is 16.5. The zero-order chi connectivity index (χ0) is 17.1. The number of hydrogen-bond donors (Lipinski definition) is 1. The highest BCUT2D eigenvalue weighted by Crippen LogP contribution is 2.23. The lowest BCUT2D eigenvalue weighted by molar-refractivity contribution is 0.104. The van der Waals surface area contributed by atoms with Crippen LogP contribution in [0, 0.1) is 0 Å². The Morgan fingerprint density at radius 2 is 2.00 bits per heavy atom. The van der Waals surface area contributed by atoms with Gasteiger partial charge in [-0.15, -0.1) is 0 Å². The van der Waals surface area contributed by atoms with Crippen molar-refractivity contribution in [1.82, 2.24) is 0 Å². The van der Waals surface area contributed by atoms with Gasteiger partial charge in [0, 0.05) is 0 Å². The van der Waals surface area contributed by atoms with Crippen LogP contribution < -0.4 is 10.2 Å². The van der Waals surface area contributed by atoms with Gasteiger partial charge in [-0.25, -0.2) is 0 Å². The van der Waals surface area contributed by atoms with E-state index in [0.717, 1.165) is 0 Å². The van der Waals surface area contributed by atoms with Crippen LogP contribution in [0.2, 0.25) is 0 Å². The number of para-hydroxylation sites is 1. The average Bonchev–Trinajstić information content (AvgIpc) is 2.61. The van der Waals surface area contributed by atoms with E-state index in [9.17, 15) is 14.7 Å². The molecule has 24 heavy (non-hydrogen) atoms. The maximum absolute atomic E-state index is 12.4. The third-order valence-corrected chi connectivity index (χ3v) is 3.59. The standard InChI is InChI=1S/C19H14O5/c1-23-13-7-9-17(21)15(10-13)16(20)8-6-12-11-24-18-5-3-2-4-14(18)19(12)22/h2-11,21H,1H3/b8-6+. The molecule has 0 unspecified atom stereocenters. The number of ether oxygens (including phenoxy) is 1. The highest BCUT2D eigenvalue weighted by Gasteiger charge is 2.10. The monoisotopic (exact) mass is 322 g/mol. The molecule has 0 aliphatic carbocycles. The van der Waals surface area contributed by atoms with Crippen LogP contribution in [-0.2, 0) is 0 Å². The fourth-order valence-corrected chi connectivity index (χ4v) is 2.30. The van der Waals surface area contributed by atoms with E-state index in [2.05, 4.69) is 0 Å². The minimum atomic E-state index is -0.445. The van der Waals surface area contributed by atoms with Gasteiger partial charge in [-0.2, -0.15) is 0 Å². The lowest BCUT2D eigenvalue weighted by Gasteiger charge is -2.04. The van der Waals surface area contributed by atoms with Gasteiger partial charge in [0.25, 0.3) is 0 Å². The Morgan fingerprint density at radius 1 is 1.21 bits per heavy atom. The fraction of sp³-hybridized carbons (Fsp3) is 0.0526.